The van der Waals surface area contributed by atoms with Crippen molar-refractivity contribution >= 4 is 39.1 Å². The van der Waals surface area contributed by atoms with E-state index in [1.165, 1.54) is 0 Å². The van der Waals surface area contributed by atoms with Crippen LogP contribution in [0.3, 0.4) is 0 Å². The van der Waals surface area contributed by atoms with Crippen LogP contribution in [-0.4, -0.2) is 5.91 Å². The molecule has 0 heterocycles. The Morgan fingerprint density at radius 3 is 2.50 bits per heavy atom. The van der Waals surface area contributed by atoms with E-state index in [0.717, 1.165) is 15.7 Å². The third kappa shape index (κ3) is 2.92. The molecule has 0 radical (unpaired) electrons. The van der Waals surface area contributed by atoms with Gasteiger partial charge < -0.3 is 5.32 Å². The summed E-state index contributed by atoms with van der Waals surface area (Å²) in [4.78, 5) is 12.1. The van der Waals surface area contributed by atoms with E-state index in [1.807, 2.05) is 19.1 Å². The molecule has 0 saturated heterocycles. The van der Waals surface area contributed by atoms with Crippen LogP contribution in [0.25, 0.3) is 0 Å². The largest absolute Gasteiger partial charge is 0.322 e. The monoisotopic (exact) mass is 323 g/mol. The first-order chi connectivity index (χ1) is 8.58. The molecule has 18 heavy (non-hydrogen) atoms. The second kappa shape index (κ2) is 5.55. The van der Waals surface area contributed by atoms with Crippen LogP contribution in [-0.2, 0) is 0 Å². The lowest BCUT2D eigenvalue weighted by molar-refractivity contribution is 0.102. The molecule has 4 heteroatoms. The van der Waals surface area contributed by atoms with Gasteiger partial charge in [0.1, 0.15) is 0 Å². The molecule has 0 aromatic heterocycles. The summed E-state index contributed by atoms with van der Waals surface area (Å²) in [5, 5.41) is 3.48. The average molecular weight is 325 g/mol. The van der Waals surface area contributed by atoms with E-state index in [-0.39, 0.29) is 5.91 Å². The van der Waals surface area contributed by atoms with Crippen molar-refractivity contribution in [2.75, 3.05) is 5.32 Å². The number of rotatable bonds is 2. The zero-order valence-corrected chi connectivity index (χ0v) is 12.0. The summed E-state index contributed by atoms with van der Waals surface area (Å²) in [5.74, 6) is -0.129. The van der Waals surface area contributed by atoms with Crippen molar-refractivity contribution in [1.82, 2.24) is 0 Å². The fourth-order valence-corrected chi connectivity index (χ4v) is 2.08. The molecule has 0 bridgehead atoms. The molecule has 2 nitrogen and oxygen atoms in total. The van der Waals surface area contributed by atoms with E-state index in [1.54, 1.807) is 30.3 Å². The molecule has 0 spiro atoms. The summed E-state index contributed by atoms with van der Waals surface area (Å²) in [7, 11) is 0. The summed E-state index contributed by atoms with van der Waals surface area (Å²) < 4.78 is 0.922. The van der Waals surface area contributed by atoms with Crippen LogP contribution in [0.2, 0.25) is 5.02 Å². The minimum absolute atomic E-state index is 0.129. The van der Waals surface area contributed by atoms with Gasteiger partial charge in [0, 0.05) is 20.7 Å². The predicted octanol–water partition coefficient (Wildman–Crippen LogP) is 4.66. The fourth-order valence-electron chi connectivity index (χ4n) is 1.59. The number of nitrogens with one attached hydrogen (secondary N) is 1. The first-order valence-corrected chi connectivity index (χ1v) is 6.57. The van der Waals surface area contributed by atoms with Gasteiger partial charge in [-0.25, -0.2) is 0 Å². The van der Waals surface area contributed by atoms with Gasteiger partial charge in [0.05, 0.1) is 0 Å². The van der Waals surface area contributed by atoms with Crippen LogP contribution in [0.15, 0.2) is 46.9 Å². The van der Waals surface area contributed by atoms with Gasteiger partial charge in [-0.15, -0.1) is 0 Å². The summed E-state index contributed by atoms with van der Waals surface area (Å²) in [6.45, 7) is 1.90. The molecular weight excluding hydrogens is 314 g/mol. The molecule has 92 valence electrons. The molecule has 0 fully saturated rings. The Morgan fingerprint density at radius 2 is 1.83 bits per heavy atom. The molecule has 0 unspecified atom stereocenters. The summed E-state index contributed by atoms with van der Waals surface area (Å²) in [5.41, 5.74) is 2.30. The number of amides is 1. The topological polar surface area (TPSA) is 29.1 Å². The van der Waals surface area contributed by atoms with Crippen LogP contribution in [0.4, 0.5) is 5.69 Å². The lowest BCUT2D eigenvalue weighted by atomic mass is 10.1. The number of hydrogen-bond donors (Lipinski definition) is 1. The highest BCUT2D eigenvalue weighted by molar-refractivity contribution is 9.10. The molecule has 2 rings (SSSR count). The van der Waals surface area contributed by atoms with Gasteiger partial charge in [-0.1, -0.05) is 33.6 Å². The van der Waals surface area contributed by atoms with E-state index in [4.69, 9.17) is 11.6 Å². The van der Waals surface area contributed by atoms with Gasteiger partial charge in [-0.3, -0.25) is 4.79 Å². The van der Waals surface area contributed by atoms with E-state index in [2.05, 4.69) is 21.2 Å². The van der Waals surface area contributed by atoms with Crippen molar-refractivity contribution in [3.63, 3.8) is 0 Å². The maximum absolute atomic E-state index is 12.1. The molecular formula is C14H11BrClNO. The number of hydrogen-bond acceptors (Lipinski definition) is 1. The van der Waals surface area contributed by atoms with Crippen molar-refractivity contribution < 1.29 is 4.79 Å². The Labute approximate surface area is 119 Å². The first kappa shape index (κ1) is 13.1. The van der Waals surface area contributed by atoms with Crippen LogP contribution in [0.1, 0.15) is 15.9 Å². The van der Waals surface area contributed by atoms with Crippen molar-refractivity contribution in [3.05, 3.63) is 63.1 Å². The second-order valence-electron chi connectivity index (χ2n) is 3.87. The van der Waals surface area contributed by atoms with Crippen LogP contribution >= 0.6 is 27.5 Å². The lowest BCUT2D eigenvalue weighted by Crippen LogP contribution is -2.13. The quantitative estimate of drug-likeness (QED) is 0.855. The summed E-state index contributed by atoms with van der Waals surface area (Å²) in [6.07, 6.45) is 0. The van der Waals surface area contributed by atoms with Gasteiger partial charge in [-0.2, -0.15) is 0 Å². The normalized spacial score (nSPS) is 10.2. The molecule has 0 atom stereocenters. The molecule has 0 saturated carbocycles. The molecule has 0 aliphatic rings. The molecule has 2 aromatic rings. The van der Waals surface area contributed by atoms with E-state index in [9.17, 15) is 4.79 Å². The van der Waals surface area contributed by atoms with E-state index < -0.39 is 0 Å². The van der Waals surface area contributed by atoms with Gasteiger partial charge in [-0.05, 0) is 48.9 Å². The SMILES string of the molecule is Cc1c(Br)cccc1C(=O)Nc1ccc(Cl)cc1. The minimum atomic E-state index is -0.129. The maximum atomic E-state index is 12.1. The molecule has 0 aliphatic heterocycles. The van der Waals surface area contributed by atoms with E-state index >= 15 is 0 Å². The fraction of sp³-hybridized carbons (Fsp3) is 0.0714. The molecule has 1 amide bonds. The van der Waals surface area contributed by atoms with Crippen molar-refractivity contribution in [1.29, 1.82) is 0 Å². The average Bonchev–Trinajstić information content (AvgIpc) is 2.35. The molecule has 0 aliphatic carbocycles. The standard InChI is InChI=1S/C14H11BrClNO/c1-9-12(3-2-4-13(9)15)14(18)17-11-7-5-10(16)6-8-11/h2-8H,1H3,(H,17,18). The Balaban J connectivity index is 2.22. The second-order valence-corrected chi connectivity index (χ2v) is 5.16. The Morgan fingerprint density at radius 1 is 1.17 bits per heavy atom. The smallest absolute Gasteiger partial charge is 0.255 e. The summed E-state index contributed by atoms with van der Waals surface area (Å²) in [6, 6.07) is 12.6. The van der Waals surface area contributed by atoms with Gasteiger partial charge in [0.15, 0.2) is 0 Å². The highest BCUT2D eigenvalue weighted by Crippen LogP contribution is 2.21. The number of halogens is 2. The minimum Gasteiger partial charge on any atom is -0.322 e. The Bertz CT molecular complexity index is 581. The maximum Gasteiger partial charge on any atom is 0.255 e. The summed E-state index contributed by atoms with van der Waals surface area (Å²) >= 11 is 9.20. The predicted molar refractivity (Wildman–Crippen MR) is 78.3 cm³/mol. The zero-order chi connectivity index (χ0) is 13.1. The highest BCUT2D eigenvalue weighted by Gasteiger charge is 2.10. The molecule has 2 aromatic carbocycles. The van der Waals surface area contributed by atoms with Crippen molar-refractivity contribution in [2.24, 2.45) is 0 Å². The Kier molecular flexibility index (Phi) is 4.04. The zero-order valence-electron chi connectivity index (χ0n) is 9.71. The number of carbonyl (C=O) groups excluding carboxylic acids is 1. The third-order valence-corrected chi connectivity index (χ3v) is 3.73. The van der Waals surface area contributed by atoms with Crippen molar-refractivity contribution in [3.8, 4) is 0 Å². The van der Waals surface area contributed by atoms with E-state index in [0.29, 0.717) is 10.6 Å². The number of carbonyl (C=O) groups is 1. The first-order valence-electron chi connectivity index (χ1n) is 5.40. The van der Waals surface area contributed by atoms with Crippen LogP contribution in [0.5, 0.6) is 0 Å². The van der Waals surface area contributed by atoms with Gasteiger partial charge in [0.25, 0.3) is 5.91 Å². The lowest BCUT2D eigenvalue weighted by Gasteiger charge is -2.08. The molecule has 1 N–H and O–H groups in total. The highest BCUT2D eigenvalue weighted by atomic mass is 79.9. The number of benzene rings is 2. The van der Waals surface area contributed by atoms with Crippen LogP contribution < -0.4 is 5.32 Å². The Hall–Kier alpha value is -1.32. The van der Waals surface area contributed by atoms with Crippen molar-refractivity contribution in [2.45, 2.75) is 6.92 Å². The number of anilines is 1. The third-order valence-electron chi connectivity index (χ3n) is 2.61. The van der Waals surface area contributed by atoms with Gasteiger partial charge in [0.2, 0.25) is 0 Å². The van der Waals surface area contributed by atoms with Crippen LogP contribution in [0, 0.1) is 6.92 Å². The van der Waals surface area contributed by atoms with Gasteiger partial charge >= 0.3 is 0 Å².